The number of carboxylic acids is 1. The van der Waals surface area contributed by atoms with Crippen LogP contribution in [0.3, 0.4) is 0 Å². The van der Waals surface area contributed by atoms with E-state index in [1.165, 1.54) is 16.4 Å². The Morgan fingerprint density at radius 3 is 2.48 bits per heavy atom. The van der Waals surface area contributed by atoms with Crippen molar-refractivity contribution in [3.63, 3.8) is 0 Å². The average molecular weight is 376 g/mol. The van der Waals surface area contributed by atoms with Crippen LogP contribution in [0.2, 0.25) is 0 Å². The lowest BCUT2D eigenvalue weighted by Gasteiger charge is -2.31. The molecule has 0 bridgehead atoms. The monoisotopic (exact) mass is 375 g/mol. The van der Waals surface area contributed by atoms with Gasteiger partial charge in [0.2, 0.25) is 10.0 Å². The fraction of sp³-hybridized carbons (Fsp3) is 0.500. The Morgan fingerprint density at radius 2 is 2.00 bits per heavy atom. The average Bonchev–Trinajstić information content (AvgIpc) is 2.72. The smallest absolute Gasteiger partial charge is 0.335 e. The van der Waals surface area contributed by atoms with Crippen molar-refractivity contribution in [3.05, 3.63) is 27.7 Å². The van der Waals surface area contributed by atoms with Gasteiger partial charge in [0.1, 0.15) is 0 Å². The number of hydrogen-bond donors (Lipinski definition) is 1. The molecule has 1 aliphatic rings. The first-order chi connectivity index (χ1) is 9.57. The van der Waals surface area contributed by atoms with E-state index in [1.54, 1.807) is 6.92 Å². The highest BCUT2D eigenvalue weighted by Gasteiger charge is 2.41. The number of carboxylic acid groups (broad SMARTS) is 1. The van der Waals surface area contributed by atoms with Crippen LogP contribution in [0.4, 0.5) is 0 Å². The van der Waals surface area contributed by atoms with Gasteiger partial charge in [-0.1, -0.05) is 15.9 Å². The Kier molecular flexibility index (Phi) is 4.21. The third kappa shape index (κ3) is 2.86. The number of nitrogens with zero attached hydrogens (tertiary/aromatic N) is 1. The third-order valence-corrected chi connectivity index (χ3v) is 7.00. The molecular formula is C14H18BrNO4S. The number of halogens is 1. The fourth-order valence-electron chi connectivity index (χ4n) is 2.69. The molecule has 116 valence electrons. The zero-order valence-electron chi connectivity index (χ0n) is 12.2. The van der Waals surface area contributed by atoms with Crippen LogP contribution in [-0.4, -0.2) is 35.9 Å². The molecule has 0 aliphatic carbocycles. The van der Waals surface area contributed by atoms with E-state index < -0.39 is 21.5 Å². The second-order valence-electron chi connectivity index (χ2n) is 5.88. The molecule has 1 heterocycles. The van der Waals surface area contributed by atoms with Gasteiger partial charge >= 0.3 is 5.97 Å². The SMILES string of the molecule is Cc1c(Br)cc(C(=O)O)cc1S(=O)(=O)N1CCCC1(C)C. The summed E-state index contributed by atoms with van der Waals surface area (Å²) in [5, 5.41) is 9.13. The molecule has 0 atom stereocenters. The highest BCUT2D eigenvalue weighted by molar-refractivity contribution is 9.10. The highest BCUT2D eigenvalue weighted by Crippen LogP contribution is 2.36. The first-order valence-electron chi connectivity index (χ1n) is 6.63. The summed E-state index contributed by atoms with van der Waals surface area (Å²) < 4.78 is 27.8. The van der Waals surface area contributed by atoms with Crippen molar-refractivity contribution in [3.8, 4) is 0 Å². The molecule has 1 fully saturated rings. The number of aromatic carboxylic acids is 1. The van der Waals surface area contributed by atoms with Gasteiger partial charge in [-0.2, -0.15) is 4.31 Å². The van der Waals surface area contributed by atoms with Gasteiger partial charge in [-0.25, -0.2) is 13.2 Å². The zero-order chi connectivity index (χ0) is 16.0. The molecule has 0 aromatic heterocycles. The van der Waals surface area contributed by atoms with Crippen LogP contribution in [0.25, 0.3) is 0 Å². The molecule has 1 aliphatic heterocycles. The summed E-state index contributed by atoms with van der Waals surface area (Å²) >= 11 is 3.25. The van der Waals surface area contributed by atoms with Crippen molar-refractivity contribution in [2.75, 3.05) is 6.54 Å². The highest BCUT2D eigenvalue weighted by atomic mass is 79.9. The standard InChI is InChI=1S/C14H18BrNO4S/c1-9-11(15)7-10(13(17)18)8-12(9)21(19,20)16-6-4-5-14(16,2)3/h7-8H,4-6H2,1-3H3,(H,17,18). The van der Waals surface area contributed by atoms with Crippen molar-refractivity contribution in [1.82, 2.24) is 4.31 Å². The summed E-state index contributed by atoms with van der Waals surface area (Å²) in [5.41, 5.74) is 0.0440. The van der Waals surface area contributed by atoms with E-state index >= 15 is 0 Å². The van der Waals surface area contributed by atoms with Gasteiger partial charge in [-0.05, 0) is 51.3 Å². The molecule has 0 saturated carbocycles. The number of rotatable bonds is 3. The maximum atomic E-state index is 12.9. The molecule has 1 N–H and O–H groups in total. The second kappa shape index (κ2) is 5.37. The third-order valence-electron chi connectivity index (χ3n) is 3.94. The molecular weight excluding hydrogens is 358 g/mol. The Bertz CT molecular complexity index is 697. The molecule has 1 aromatic rings. The van der Waals surface area contributed by atoms with Crippen LogP contribution in [0.15, 0.2) is 21.5 Å². The number of hydrogen-bond acceptors (Lipinski definition) is 3. The molecule has 0 radical (unpaired) electrons. The van der Waals surface area contributed by atoms with Crippen LogP contribution in [0, 0.1) is 6.92 Å². The van der Waals surface area contributed by atoms with Crippen LogP contribution < -0.4 is 0 Å². The number of carbonyl (C=O) groups is 1. The zero-order valence-corrected chi connectivity index (χ0v) is 14.6. The minimum absolute atomic E-state index is 0.0388. The number of benzene rings is 1. The largest absolute Gasteiger partial charge is 0.478 e. The minimum Gasteiger partial charge on any atom is -0.478 e. The minimum atomic E-state index is -3.72. The van der Waals surface area contributed by atoms with E-state index in [-0.39, 0.29) is 10.5 Å². The molecule has 2 rings (SSSR count). The Balaban J connectivity index is 2.62. The van der Waals surface area contributed by atoms with Crippen LogP contribution >= 0.6 is 15.9 Å². The van der Waals surface area contributed by atoms with Gasteiger partial charge in [0.05, 0.1) is 10.5 Å². The molecule has 0 amide bonds. The maximum absolute atomic E-state index is 12.9. The fourth-order valence-corrected chi connectivity index (χ4v) is 5.40. The quantitative estimate of drug-likeness (QED) is 0.880. The molecule has 0 unspecified atom stereocenters. The summed E-state index contributed by atoms with van der Waals surface area (Å²) in [6.45, 7) is 5.92. The van der Waals surface area contributed by atoms with Crippen LogP contribution in [0.1, 0.15) is 42.6 Å². The van der Waals surface area contributed by atoms with Gasteiger partial charge < -0.3 is 5.11 Å². The van der Waals surface area contributed by atoms with E-state index in [2.05, 4.69) is 15.9 Å². The molecule has 0 spiro atoms. The van der Waals surface area contributed by atoms with E-state index in [0.29, 0.717) is 16.6 Å². The lowest BCUT2D eigenvalue weighted by atomic mass is 10.0. The van der Waals surface area contributed by atoms with Gasteiger partial charge in [-0.3, -0.25) is 0 Å². The van der Waals surface area contributed by atoms with Crippen LogP contribution in [0.5, 0.6) is 0 Å². The summed E-state index contributed by atoms with van der Waals surface area (Å²) in [7, 11) is -3.72. The van der Waals surface area contributed by atoms with E-state index in [1.807, 2.05) is 13.8 Å². The van der Waals surface area contributed by atoms with Crippen molar-refractivity contribution in [2.45, 2.75) is 44.0 Å². The summed E-state index contributed by atoms with van der Waals surface area (Å²) in [5.74, 6) is -1.15. The summed E-state index contributed by atoms with van der Waals surface area (Å²) in [6.07, 6.45) is 1.61. The first-order valence-corrected chi connectivity index (χ1v) is 8.87. The van der Waals surface area contributed by atoms with Gasteiger partial charge in [-0.15, -0.1) is 0 Å². The molecule has 21 heavy (non-hydrogen) atoms. The van der Waals surface area contributed by atoms with Crippen molar-refractivity contribution in [2.24, 2.45) is 0 Å². The normalized spacial score (nSPS) is 18.9. The van der Waals surface area contributed by atoms with Crippen LogP contribution in [-0.2, 0) is 10.0 Å². The molecule has 7 heteroatoms. The van der Waals surface area contributed by atoms with Gasteiger partial charge in [0.25, 0.3) is 0 Å². The maximum Gasteiger partial charge on any atom is 0.335 e. The van der Waals surface area contributed by atoms with Gasteiger partial charge in [0.15, 0.2) is 0 Å². The Labute approximate surface area is 133 Å². The van der Waals surface area contributed by atoms with E-state index in [4.69, 9.17) is 5.11 Å². The van der Waals surface area contributed by atoms with E-state index in [9.17, 15) is 13.2 Å². The first kappa shape index (κ1) is 16.5. The Morgan fingerprint density at radius 1 is 1.38 bits per heavy atom. The van der Waals surface area contributed by atoms with Gasteiger partial charge in [0, 0.05) is 16.6 Å². The topological polar surface area (TPSA) is 74.7 Å². The summed E-state index contributed by atoms with van der Waals surface area (Å²) in [4.78, 5) is 11.2. The van der Waals surface area contributed by atoms with Crippen molar-refractivity contribution < 1.29 is 18.3 Å². The van der Waals surface area contributed by atoms with Crippen molar-refractivity contribution >= 4 is 31.9 Å². The van der Waals surface area contributed by atoms with E-state index in [0.717, 1.165) is 12.8 Å². The lowest BCUT2D eigenvalue weighted by Crippen LogP contribution is -2.42. The summed E-state index contributed by atoms with van der Waals surface area (Å²) in [6, 6.07) is 2.66. The second-order valence-corrected chi connectivity index (χ2v) is 8.56. The predicted octanol–water partition coefficient (Wildman–Crippen LogP) is 3.02. The predicted molar refractivity (Wildman–Crippen MR) is 83.0 cm³/mol. The Hall–Kier alpha value is -0.920. The lowest BCUT2D eigenvalue weighted by molar-refractivity contribution is 0.0696. The number of sulfonamides is 1. The molecule has 1 saturated heterocycles. The molecule has 5 nitrogen and oxygen atoms in total. The van der Waals surface area contributed by atoms with Crippen molar-refractivity contribution in [1.29, 1.82) is 0 Å². The molecule has 1 aromatic carbocycles.